The lowest BCUT2D eigenvalue weighted by Gasteiger charge is -2.22. The van der Waals surface area contributed by atoms with Crippen LogP contribution < -0.4 is 5.32 Å². The smallest absolute Gasteiger partial charge is 0.0734 e. The highest BCUT2D eigenvalue weighted by Gasteiger charge is 2.12. The Kier molecular flexibility index (Phi) is 4.09. The third kappa shape index (κ3) is 3.13. The highest BCUT2D eigenvalue weighted by molar-refractivity contribution is 5.81. The standard InChI is InChI=1S/C17H22N2/c1-2-9-16(10-3-1)18-13-11-15-7-4-6-14-8-5-12-19-17(14)15/h4-8,12,16,18H,1-3,9-11,13H2. The molecule has 3 rings (SSSR count). The molecule has 100 valence electrons. The molecule has 0 atom stereocenters. The zero-order valence-corrected chi connectivity index (χ0v) is 11.4. The molecule has 1 saturated carbocycles. The molecule has 1 heterocycles. The van der Waals surface area contributed by atoms with Crippen molar-refractivity contribution < 1.29 is 0 Å². The summed E-state index contributed by atoms with van der Waals surface area (Å²) in [5.41, 5.74) is 2.52. The Balaban J connectivity index is 1.62. The maximum Gasteiger partial charge on any atom is 0.0734 e. The Morgan fingerprint density at radius 3 is 2.79 bits per heavy atom. The summed E-state index contributed by atoms with van der Waals surface area (Å²) in [6.45, 7) is 1.07. The maximum atomic E-state index is 4.52. The second-order valence-corrected chi connectivity index (χ2v) is 5.53. The largest absolute Gasteiger partial charge is 0.314 e. The van der Waals surface area contributed by atoms with Gasteiger partial charge in [-0.2, -0.15) is 0 Å². The first-order valence-electron chi connectivity index (χ1n) is 7.49. The van der Waals surface area contributed by atoms with E-state index in [4.69, 9.17) is 0 Å². The molecule has 0 spiro atoms. The minimum Gasteiger partial charge on any atom is -0.314 e. The molecule has 0 aliphatic heterocycles. The second kappa shape index (κ2) is 6.16. The average Bonchev–Trinajstić information content (AvgIpc) is 2.49. The van der Waals surface area contributed by atoms with Gasteiger partial charge in [-0.15, -0.1) is 0 Å². The number of benzene rings is 1. The van der Waals surface area contributed by atoms with Crippen LogP contribution in [0.1, 0.15) is 37.7 Å². The summed E-state index contributed by atoms with van der Waals surface area (Å²) in [4.78, 5) is 4.52. The van der Waals surface area contributed by atoms with Crippen molar-refractivity contribution in [3.63, 3.8) is 0 Å². The molecule has 1 fully saturated rings. The van der Waals surface area contributed by atoms with Crippen LogP contribution in [-0.4, -0.2) is 17.6 Å². The number of hydrogen-bond donors (Lipinski definition) is 1. The van der Waals surface area contributed by atoms with Gasteiger partial charge in [-0.05, 0) is 37.4 Å². The molecule has 0 radical (unpaired) electrons. The number of fused-ring (bicyclic) bond motifs is 1. The fourth-order valence-corrected chi connectivity index (χ4v) is 3.09. The van der Waals surface area contributed by atoms with Gasteiger partial charge in [0.2, 0.25) is 0 Å². The van der Waals surface area contributed by atoms with Gasteiger partial charge in [0.05, 0.1) is 5.52 Å². The summed E-state index contributed by atoms with van der Waals surface area (Å²) in [5, 5.41) is 4.95. The van der Waals surface area contributed by atoms with E-state index < -0.39 is 0 Å². The van der Waals surface area contributed by atoms with Crippen LogP contribution in [-0.2, 0) is 6.42 Å². The Labute approximate surface area is 115 Å². The highest BCUT2D eigenvalue weighted by atomic mass is 14.9. The van der Waals surface area contributed by atoms with Gasteiger partial charge in [0.15, 0.2) is 0 Å². The molecular weight excluding hydrogens is 232 g/mol. The Bertz CT molecular complexity index is 524. The lowest BCUT2D eigenvalue weighted by molar-refractivity contribution is 0.376. The zero-order chi connectivity index (χ0) is 12.9. The normalized spacial score (nSPS) is 16.8. The lowest BCUT2D eigenvalue weighted by atomic mass is 9.95. The van der Waals surface area contributed by atoms with Crippen molar-refractivity contribution in [2.75, 3.05) is 6.54 Å². The average molecular weight is 254 g/mol. The number of para-hydroxylation sites is 1. The van der Waals surface area contributed by atoms with Crippen molar-refractivity contribution in [1.82, 2.24) is 10.3 Å². The summed E-state index contributed by atoms with van der Waals surface area (Å²) >= 11 is 0. The SMILES string of the molecule is c1cnc2c(CCNC3CCCCC3)cccc2c1. The lowest BCUT2D eigenvalue weighted by Crippen LogP contribution is -2.32. The van der Waals surface area contributed by atoms with Gasteiger partial charge < -0.3 is 5.32 Å². The molecule has 1 aromatic carbocycles. The fraction of sp³-hybridized carbons (Fsp3) is 0.471. The van der Waals surface area contributed by atoms with Crippen molar-refractivity contribution in [2.24, 2.45) is 0 Å². The minimum absolute atomic E-state index is 0.747. The Morgan fingerprint density at radius 1 is 1.05 bits per heavy atom. The van der Waals surface area contributed by atoms with E-state index in [-0.39, 0.29) is 0 Å². The number of hydrogen-bond acceptors (Lipinski definition) is 2. The van der Waals surface area contributed by atoms with E-state index in [0.29, 0.717) is 0 Å². The van der Waals surface area contributed by atoms with Crippen molar-refractivity contribution in [3.05, 3.63) is 42.1 Å². The highest BCUT2D eigenvalue weighted by Crippen LogP contribution is 2.18. The fourth-order valence-electron chi connectivity index (χ4n) is 3.09. The first-order valence-corrected chi connectivity index (χ1v) is 7.49. The van der Waals surface area contributed by atoms with Crippen LogP contribution >= 0.6 is 0 Å². The topological polar surface area (TPSA) is 24.9 Å². The third-order valence-electron chi connectivity index (χ3n) is 4.15. The molecular formula is C17H22N2. The van der Waals surface area contributed by atoms with E-state index in [1.54, 1.807) is 0 Å². The molecule has 1 N–H and O–H groups in total. The second-order valence-electron chi connectivity index (χ2n) is 5.53. The van der Waals surface area contributed by atoms with Gasteiger partial charge in [-0.3, -0.25) is 4.98 Å². The number of pyridine rings is 1. The van der Waals surface area contributed by atoms with Crippen LogP contribution in [0.25, 0.3) is 10.9 Å². The molecule has 0 saturated heterocycles. The van der Waals surface area contributed by atoms with Crippen LogP contribution in [0.15, 0.2) is 36.5 Å². The van der Waals surface area contributed by atoms with Gasteiger partial charge in [-0.1, -0.05) is 43.5 Å². The van der Waals surface area contributed by atoms with Gasteiger partial charge in [0, 0.05) is 17.6 Å². The van der Waals surface area contributed by atoms with Crippen LogP contribution in [0.3, 0.4) is 0 Å². The first kappa shape index (κ1) is 12.6. The van der Waals surface area contributed by atoms with E-state index in [1.807, 2.05) is 12.3 Å². The van der Waals surface area contributed by atoms with Gasteiger partial charge >= 0.3 is 0 Å². The summed E-state index contributed by atoms with van der Waals surface area (Å²) in [7, 11) is 0. The zero-order valence-electron chi connectivity index (χ0n) is 11.4. The molecule has 1 aromatic heterocycles. The van der Waals surface area contributed by atoms with E-state index >= 15 is 0 Å². The molecule has 0 amide bonds. The van der Waals surface area contributed by atoms with E-state index in [0.717, 1.165) is 24.5 Å². The first-order chi connectivity index (χ1) is 9.43. The molecule has 0 unspecified atom stereocenters. The third-order valence-corrected chi connectivity index (χ3v) is 4.15. The van der Waals surface area contributed by atoms with Crippen molar-refractivity contribution in [3.8, 4) is 0 Å². The summed E-state index contributed by atoms with van der Waals surface area (Å²) < 4.78 is 0. The van der Waals surface area contributed by atoms with Crippen LogP contribution in [0.4, 0.5) is 0 Å². The predicted molar refractivity (Wildman–Crippen MR) is 80.3 cm³/mol. The molecule has 19 heavy (non-hydrogen) atoms. The van der Waals surface area contributed by atoms with Gasteiger partial charge in [-0.25, -0.2) is 0 Å². The molecule has 2 nitrogen and oxygen atoms in total. The minimum atomic E-state index is 0.747. The monoisotopic (exact) mass is 254 g/mol. The van der Waals surface area contributed by atoms with Crippen molar-refractivity contribution in [2.45, 2.75) is 44.6 Å². The number of nitrogens with one attached hydrogen (secondary N) is 1. The summed E-state index contributed by atoms with van der Waals surface area (Å²) in [6, 6.07) is 11.4. The van der Waals surface area contributed by atoms with E-state index in [2.05, 4.69) is 34.6 Å². The van der Waals surface area contributed by atoms with Crippen LogP contribution in [0.5, 0.6) is 0 Å². The quantitative estimate of drug-likeness (QED) is 0.900. The molecule has 1 aliphatic carbocycles. The van der Waals surface area contributed by atoms with Crippen LogP contribution in [0.2, 0.25) is 0 Å². The van der Waals surface area contributed by atoms with Crippen molar-refractivity contribution >= 4 is 10.9 Å². The molecule has 2 aromatic rings. The molecule has 1 aliphatic rings. The molecule has 0 bridgehead atoms. The summed E-state index contributed by atoms with van der Waals surface area (Å²) in [6.07, 6.45) is 9.89. The Morgan fingerprint density at radius 2 is 1.89 bits per heavy atom. The van der Waals surface area contributed by atoms with Crippen LogP contribution in [0, 0.1) is 0 Å². The van der Waals surface area contributed by atoms with Crippen molar-refractivity contribution in [1.29, 1.82) is 0 Å². The molecule has 2 heteroatoms. The number of aromatic nitrogens is 1. The number of nitrogens with zero attached hydrogens (tertiary/aromatic N) is 1. The number of rotatable bonds is 4. The van der Waals surface area contributed by atoms with Gasteiger partial charge in [0.1, 0.15) is 0 Å². The Hall–Kier alpha value is -1.41. The summed E-state index contributed by atoms with van der Waals surface area (Å²) in [5.74, 6) is 0. The van der Waals surface area contributed by atoms with E-state index in [9.17, 15) is 0 Å². The van der Waals surface area contributed by atoms with E-state index in [1.165, 1.54) is 43.1 Å². The maximum absolute atomic E-state index is 4.52. The predicted octanol–water partition coefficient (Wildman–Crippen LogP) is 3.70. The van der Waals surface area contributed by atoms with Gasteiger partial charge in [0.25, 0.3) is 0 Å².